The highest BCUT2D eigenvalue weighted by molar-refractivity contribution is 5.84. The molecule has 2 aromatic carbocycles. The Morgan fingerprint density at radius 1 is 1.23 bits per heavy atom. The molecule has 2 aromatic rings. The lowest BCUT2D eigenvalue weighted by atomic mass is 9.73. The van der Waals surface area contributed by atoms with Gasteiger partial charge in [-0.15, -0.1) is 0 Å². The molecular weight excluding hydrogens is 331 g/mol. The lowest BCUT2D eigenvalue weighted by Crippen LogP contribution is -2.65. The Morgan fingerprint density at radius 3 is 2.65 bits per heavy atom. The molecule has 1 saturated carbocycles. The summed E-state index contributed by atoms with van der Waals surface area (Å²) in [4.78, 5) is 14.1. The average Bonchev–Trinajstić information content (AvgIpc) is 3.47. The molecule has 0 bridgehead atoms. The van der Waals surface area contributed by atoms with Crippen LogP contribution in [0.2, 0.25) is 0 Å². The minimum absolute atomic E-state index is 0.000636. The maximum Gasteiger partial charge on any atom is 0.227 e. The summed E-state index contributed by atoms with van der Waals surface area (Å²) in [7, 11) is 0. The van der Waals surface area contributed by atoms with E-state index < -0.39 is 12.1 Å². The van der Waals surface area contributed by atoms with Gasteiger partial charge in [-0.2, -0.15) is 5.26 Å². The van der Waals surface area contributed by atoms with Crippen LogP contribution < -0.4 is 0 Å². The topological polar surface area (TPSA) is 64.3 Å². The Morgan fingerprint density at radius 2 is 2.00 bits per heavy atom. The number of halogens is 1. The van der Waals surface area contributed by atoms with E-state index in [9.17, 15) is 19.6 Å². The number of hydrogen-bond donors (Lipinski definition) is 1. The molecule has 5 heteroatoms. The zero-order valence-corrected chi connectivity index (χ0v) is 14.2. The van der Waals surface area contributed by atoms with Crippen LogP contribution in [0, 0.1) is 23.1 Å². The van der Waals surface area contributed by atoms with E-state index in [1.165, 1.54) is 12.1 Å². The van der Waals surface area contributed by atoms with Crippen LogP contribution in [-0.2, 0) is 4.79 Å². The smallest absolute Gasteiger partial charge is 0.227 e. The second-order valence-electron chi connectivity index (χ2n) is 6.97. The molecule has 4 rings (SSSR count). The highest BCUT2D eigenvalue weighted by Gasteiger charge is 2.54. The van der Waals surface area contributed by atoms with E-state index >= 15 is 0 Å². The molecule has 0 spiro atoms. The molecule has 0 unspecified atom stereocenters. The first-order valence-electron chi connectivity index (χ1n) is 8.83. The largest absolute Gasteiger partial charge is 0.394 e. The van der Waals surface area contributed by atoms with E-state index in [0.29, 0.717) is 0 Å². The standard InChI is InChI=1S/C21H19FN2O2/c22-15-5-3-4-14(10-15)16-6-1-2-7-17(16)20-18(11-23)24(19(20)12-25)21(26)13-8-9-13/h1-7,10,13,18-20,25H,8-9,12H2/t18-,19-,20-/m1/s1. The fourth-order valence-corrected chi connectivity index (χ4v) is 3.93. The van der Waals surface area contributed by atoms with Gasteiger partial charge in [-0.05, 0) is 41.7 Å². The second kappa shape index (κ2) is 6.54. The number of aliphatic hydroxyl groups is 1. The number of hydrogen-bond acceptors (Lipinski definition) is 3. The quantitative estimate of drug-likeness (QED) is 0.922. The monoisotopic (exact) mass is 350 g/mol. The van der Waals surface area contributed by atoms with Crippen LogP contribution in [0.4, 0.5) is 4.39 Å². The molecule has 2 fully saturated rings. The maximum atomic E-state index is 13.7. The van der Waals surface area contributed by atoms with E-state index in [-0.39, 0.29) is 30.2 Å². The van der Waals surface area contributed by atoms with Gasteiger partial charge in [0.05, 0.1) is 18.7 Å². The minimum atomic E-state index is -0.602. The number of amides is 1. The first kappa shape index (κ1) is 16.7. The van der Waals surface area contributed by atoms with Gasteiger partial charge >= 0.3 is 0 Å². The van der Waals surface area contributed by atoms with Gasteiger partial charge in [-0.3, -0.25) is 4.79 Å². The van der Waals surface area contributed by atoms with Crippen molar-refractivity contribution in [2.24, 2.45) is 5.92 Å². The van der Waals surface area contributed by atoms with Crippen LogP contribution in [0.5, 0.6) is 0 Å². The summed E-state index contributed by atoms with van der Waals surface area (Å²) in [6.07, 6.45) is 1.71. The van der Waals surface area contributed by atoms with Gasteiger partial charge in [0.1, 0.15) is 11.9 Å². The number of likely N-dealkylation sites (tertiary alicyclic amines) is 1. The van der Waals surface area contributed by atoms with Crippen LogP contribution >= 0.6 is 0 Å². The molecule has 1 saturated heterocycles. The van der Waals surface area contributed by atoms with Crippen molar-refractivity contribution in [3.05, 3.63) is 59.9 Å². The van der Waals surface area contributed by atoms with Crippen molar-refractivity contribution in [1.82, 2.24) is 4.90 Å². The van der Waals surface area contributed by atoms with Crippen LogP contribution in [-0.4, -0.2) is 34.6 Å². The number of aliphatic hydroxyl groups excluding tert-OH is 1. The van der Waals surface area contributed by atoms with E-state index in [4.69, 9.17) is 0 Å². The van der Waals surface area contributed by atoms with E-state index in [1.54, 1.807) is 11.0 Å². The Hall–Kier alpha value is -2.71. The first-order chi connectivity index (χ1) is 12.7. The van der Waals surface area contributed by atoms with Gasteiger partial charge < -0.3 is 10.0 Å². The van der Waals surface area contributed by atoms with Crippen molar-refractivity contribution in [1.29, 1.82) is 5.26 Å². The third-order valence-electron chi connectivity index (χ3n) is 5.37. The summed E-state index contributed by atoms with van der Waals surface area (Å²) >= 11 is 0. The molecule has 26 heavy (non-hydrogen) atoms. The fourth-order valence-electron chi connectivity index (χ4n) is 3.93. The van der Waals surface area contributed by atoms with Crippen molar-refractivity contribution in [2.45, 2.75) is 30.8 Å². The number of carbonyl (C=O) groups is 1. The highest BCUT2D eigenvalue weighted by atomic mass is 19.1. The maximum absolute atomic E-state index is 13.7. The summed E-state index contributed by atoms with van der Waals surface area (Å²) in [5.41, 5.74) is 2.42. The van der Waals surface area contributed by atoms with Gasteiger partial charge in [0, 0.05) is 11.8 Å². The van der Waals surface area contributed by atoms with Gasteiger partial charge in [-0.25, -0.2) is 4.39 Å². The molecule has 4 nitrogen and oxygen atoms in total. The minimum Gasteiger partial charge on any atom is -0.394 e. The van der Waals surface area contributed by atoms with Gasteiger partial charge in [0.2, 0.25) is 5.91 Å². The van der Waals surface area contributed by atoms with Crippen LogP contribution in [0.25, 0.3) is 11.1 Å². The van der Waals surface area contributed by atoms with Crippen LogP contribution in [0.15, 0.2) is 48.5 Å². The summed E-state index contributed by atoms with van der Waals surface area (Å²) in [5, 5.41) is 19.6. The molecule has 1 aliphatic heterocycles. The Balaban J connectivity index is 1.73. The summed E-state index contributed by atoms with van der Waals surface area (Å²) < 4.78 is 13.7. The molecule has 0 aromatic heterocycles. The van der Waals surface area contributed by atoms with E-state index in [2.05, 4.69) is 6.07 Å². The summed E-state index contributed by atoms with van der Waals surface area (Å²) in [5.74, 6) is -0.645. The number of benzene rings is 2. The second-order valence-corrected chi connectivity index (χ2v) is 6.97. The third kappa shape index (κ3) is 2.67. The Kier molecular flexibility index (Phi) is 4.21. The predicted octanol–water partition coefficient (Wildman–Crippen LogP) is 3.08. The van der Waals surface area contributed by atoms with Crippen molar-refractivity contribution >= 4 is 5.91 Å². The zero-order chi connectivity index (χ0) is 18.3. The molecule has 1 amide bonds. The Bertz CT molecular complexity index is 888. The number of rotatable bonds is 4. The molecule has 132 valence electrons. The van der Waals surface area contributed by atoms with Crippen molar-refractivity contribution in [3.8, 4) is 17.2 Å². The van der Waals surface area contributed by atoms with E-state index in [1.807, 2.05) is 30.3 Å². The summed E-state index contributed by atoms with van der Waals surface area (Å²) in [6, 6.07) is 15.1. The van der Waals surface area contributed by atoms with Gasteiger partial charge in [0.15, 0.2) is 0 Å². The molecule has 3 atom stereocenters. The van der Waals surface area contributed by atoms with Gasteiger partial charge in [-0.1, -0.05) is 36.4 Å². The molecule has 1 aliphatic carbocycles. The van der Waals surface area contributed by atoms with Crippen molar-refractivity contribution in [3.63, 3.8) is 0 Å². The normalized spacial score (nSPS) is 24.7. The molecule has 1 N–H and O–H groups in total. The number of nitriles is 1. The Labute approximate surface area is 151 Å². The zero-order valence-electron chi connectivity index (χ0n) is 14.2. The third-order valence-corrected chi connectivity index (χ3v) is 5.37. The van der Waals surface area contributed by atoms with Crippen LogP contribution in [0.3, 0.4) is 0 Å². The van der Waals surface area contributed by atoms with Crippen LogP contribution in [0.1, 0.15) is 24.3 Å². The molecule has 1 heterocycles. The fraction of sp³-hybridized carbons (Fsp3) is 0.333. The molecule has 2 aliphatic rings. The molecule has 0 radical (unpaired) electrons. The van der Waals surface area contributed by atoms with Crippen molar-refractivity contribution < 1.29 is 14.3 Å². The lowest BCUT2D eigenvalue weighted by Gasteiger charge is -2.52. The predicted molar refractivity (Wildman–Crippen MR) is 94.4 cm³/mol. The average molecular weight is 350 g/mol. The lowest BCUT2D eigenvalue weighted by molar-refractivity contribution is -0.148. The molecular formula is C21H19FN2O2. The van der Waals surface area contributed by atoms with Crippen molar-refractivity contribution in [2.75, 3.05) is 6.61 Å². The highest BCUT2D eigenvalue weighted by Crippen LogP contribution is 2.46. The number of carbonyl (C=O) groups excluding carboxylic acids is 1. The van der Waals surface area contributed by atoms with Gasteiger partial charge in [0.25, 0.3) is 0 Å². The SMILES string of the molecule is N#C[C@@H]1[C@@H](c2ccccc2-c2cccc(F)c2)[C@@H](CO)N1C(=O)C1CC1. The first-order valence-corrected chi connectivity index (χ1v) is 8.83. The summed E-state index contributed by atoms with van der Waals surface area (Å²) in [6.45, 7) is -0.196. The number of nitrogens with zero attached hydrogens (tertiary/aromatic N) is 2. The van der Waals surface area contributed by atoms with E-state index in [0.717, 1.165) is 29.5 Å².